The predicted octanol–water partition coefficient (Wildman–Crippen LogP) is 6.21. The number of terminal acetylenes is 1. The molecule has 0 spiro atoms. The molecule has 2 saturated heterocycles. The monoisotopic (exact) mass is 650 g/mol. The number of amides is 1. The fourth-order valence-corrected chi connectivity index (χ4v) is 6.61. The first-order chi connectivity index (χ1) is 21.8. The maximum Gasteiger partial charge on any atom is 0.410 e. The molecular weight excluding hydrogens is 618 g/mol. The molecule has 12 heteroatoms. The van der Waals surface area contributed by atoms with E-state index in [9.17, 15) is 14.3 Å². The number of hydrogen-bond acceptors (Lipinski definition) is 8. The second-order valence-electron chi connectivity index (χ2n) is 12.6. The van der Waals surface area contributed by atoms with E-state index in [1.165, 1.54) is 25.4 Å². The largest absolute Gasteiger partial charge is 0.468 e. The van der Waals surface area contributed by atoms with Crippen LogP contribution in [-0.4, -0.2) is 76.8 Å². The van der Waals surface area contributed by atoms with Gasteiger partial charge in [-0.2, -0.15) is 0 Å². The average molecular weight is 651 g/mol. The Kier molecular flexibility index (Phi) is 8.17. The summed E-state index contributed by atoms with van der Waals surface area (Å²) < 4.78 is 48.1. The van der Waals surface area contributed by atoms with E-state index in [4.69, 9.17) is 32.2 Å². The first-order valence-corrected chi connectivity index (χ1v) is 15.1. The highest BCUT2D eigenvalue weighted by molar-refractivity contribution is 6.31. The molecule has 3 unspecified atom stereocenters. The Hall–Kier alpha value is -4.24. The summed E-state index contributed by atoms with van der Waals surface area (Å²) in [7, 11) is 1.47. The number of halogens is 3. The van der Waals surface area contributed by atoms with Crippen LogP contribution in [0.1, 0.15) is 38.3 Å². The van der Waals surface area contributed by atoms with Crippen molar-refractivity contribution in [2.75, 3.05) is 31.9 Å². The maximum atomic E-state index is 16.9. The molecule has 6 rings (SSSR count). The molecule has 0 saturated carbocycles. The number of anilines is 1. The van der Waals surface area contributed by atoms with Gasteiger partial charge in [0, 0.05) is 48.1 Å². The number of methoxy groups -OCH3 is 1. The van der Waals surface area contributed by atoms with E-state index in [2.05, 4.69) is 15.9 Å². The van der Waals surface area contributed by atoms with Crippen LogP contribution in [0.25, 0.3) is 32.8 Å². The van der Waals surface area contributed by atoms with E-state index in [1.54, 1.807) is 44.7 Å². The molecular formula is C34H33ClF2N4O5. The molecule has 4 heterocycles. The number of aliphatic hydroxyl groups is 1. The van der Waals surface area contributed by atoms with Crippen molar-refractivity contribution in [3.05, 3.63) is 58.4 Å². The van der Waals surface area contributed by atoms with Crippen LogP contribution < -0.4 is 9.64 Å². The zero-order valence-electron chi connectivity index (χ0n) is 26.0. The van der Waals surface area contributed by atoms with Crippen molar-refractivity contribution in [3.8, 4) is 29.4 Å². The molecule has 4 aromatic rings. The van der Waals surface area contributed by atoms with Gasteiger partial charge in [-0.3, -0.25) is 4.98 Å². The average Bonchev–Trinajstić information content (AvgIpc) is 3.19. The Morgan fingerprint density at radius 1 is 1.22 bits per heavy atom. The van der Waals surface area contributed by atoms with E-state index >= 15 is 4.39 Å². The van der Waals surface area contributed by atoms with Crippen molar-refractivity contribution < 1.29 is 32.9 Å². The van der Waals surface area contributed by atoms with Gasteiger partial charge in [0.15, 0.2) is 12.6 Å². The van der Waals surface area contributed by atoms with Crippen molar-refractivity contribution in [2.24, 2.45) is 0 Å². The normalized spacial score (nSPS) is 19.5. The summed E-state index contributed by atoms with van der Waals surface area (Å²) in [5.41, 5.74) is -0.197. The van der Waals surface area contributed by atoms with E-state index in [0.717, 1.165) is 0 Å². The van der Waals surface area contributed by atoms with Gasteiger partial charge in [0.1, 0.15) is 33.8 Å². The van der Waals surface area contributed by atoms with Crippen LogP contribution in [-0.2, 0) is 9.47 Å². The summed E-state index contributed by atoms with van der Waals surface area (Å²) in [6.45, 7) is 7.41. The van der Waals surface area contributed by atoms with Crippen LogP contribution >= 0.6 is 11.6 Å². The molecule has 0 aliphatic carbocycles. The summed E-state index contributed by atoms with van der Waals surface area (Å²) in [4.78, 5) is 25.6. The number of carbonyl (C=O) groups excluding carboxylic acids is 1. The molecule has 1 amide bonds. The number of aryl methyl sites for hydroxylation is 1. The van der Waals surface area contributed by atoms with E-state index in [0.29, 0.717) is 39.7 Å². The minimum Gasteiger partial charge on any atom is -0.468 e. The molecule has 240 valence electrons. The fourth-order valence-electron chi connectivity index (χ4n) is 6.44. The van der Waals surface area contributed by atoms with Crippen LogP contribution in [0.4, 0.5) is 19.4 Å². The van der Waals surface area contributed by atoms with Crippen LogP contribution in [0.5, 0.6) is 5.75 Å². The number of carbonyl (C=O) groups is 1. The van der Waals surface area contributed by atoms with Crippen LogP contribution in [0.2, 0.25) is 5.15 Å². The smallest absolute Gasteiger partial charge is 0.410 e. The number of hydrogen-bond donors (Lipinski definition) is 1. The first kappa shape index (κ1) is 31.7. The van der Waals surface area contributed by atoms with Crippen molar-refractivity contribution in [1.82, 2.24) is 14.9 Å². The fraction of sp³-hybridized carbons (Fsp3) is 0.382. The topological polar surface area (TPSA) is 97.3 Å². The van der Waals surface area contributed by atoms with Gasteiger partial charge in [0.05, 0.1) is 23.8 Å². The summed E-state index contributed by atoms with van der Waals surface area (Å²) in [6, 6.07) is 5.12. The lowest BCUT2D eigenvalue weighted by atomic mass is 9.95. The van der Waals surface area contributed by atoms with Crippen molar-refractivity contribution in [3.63, 3.8) is 0 Å². The Morgan fingerprint density at radius 3 is 2.65 bits per heavy atom. The number of aromatic nitrogens is 2. The number of likely N-dealkylation sites (tertiary alicyclic amines) is 1. The number of fused-ring (bicyclic) bond motifs is 4. The second-order valence-corrected chi connectivity index (χ2v) is 12.9. The van der Waals surface area contributed by atoms with Crippen molar-refractivity contribution in [1.29, 1.82) is 0 Å². The number of rotatable bonds is 5. The lowest BCUT2D eigenvalue weighted by Gasteiger charge is -2.42. The minimum absolute atomic E-state index is 0.0364. The van der Waals surface area contributed by atoms with Gasteiger partial charge in [-0.25, -0.2) is 18.6 Å². The molecule has 0 radical (unpaired) electrons. The molecule has 2 bridgehead atoms. The Balaban J connectivity index is 1.50. The van der Waals surface area contributed by atoms with Gasteiger partial charge < -0.3 is 29.1 Å². The molecule has 3 atom stereocenters. The standard InChI is InChI=1S/C34H33ClF2N4O5/c1-7-21-24(36)9-8-18-10-20(45-16-44-6)12-22(28(18)21)30-29(37)27-17(2)31(35)39-32(23(27)13-38-30)41-19-11-26(42)25(41)15-40(14-19)33(43)46-34(3,4)5/h1,8-10,12-13,19,25-26,42H,11,14-16H2,2-6H3. The van der Waals surface area contributed by atoms with Crippen LogP contribution in [0, 0.1) is 30.9 Å². The molecule has 1 N–H and O–H groups in total. The minimum atomic E-state index is -0.773. The zero-order chi connectivity index (χ0) is 33.1. The highest BCUT2D eigenvalue weighted by atomic mass is 35.5. The Morgan fingerprint density at radius 2 is 1.98 bits per heavy atom. The summed E-state index contributed by atoms with van der Waals surface area (Å²) in [5, 5.41) is 12.5. The first-order valence-electron chi connectivity index (χ1n) is 14.8. The molecule has 2 fully saturated rings. The van der Waals surface area contributed by atoms with Gasteiger partial charge in [0.25, 0.3) is 0 Å². The van der Waals surface area contributed by atoms with Gasteiger partial charge in [0.2, 0.25) is 0 Å². The molecule has 2 aromatic heterocycles. The molecule has 2 aliphatic heterocycles. The number of ether oxygens (including phenoxy) is 3. The van der Waals surface area contributed by atoms with E-state index < -0.39 is 35.5 Å². The summed E-state index contributed by atoms with van der Waals surface area (Å²) in [6.07, 6.45) is 6.34. The maximum absolute atomic E-state index is 16.9. The lowest BCUT2D eigenvalue weighted by Crippen LogP contribution is -2.57. The third-order valence-corrected chi connectivity index (χ3v) is 8.74. The Labute approximate surface area is 270 Å². The molecule has 2 aromatic carbocycles. The summed E-state index contributed by atoms with van der Waals surface area (Å²) >= 11 is 6.65. The molecule has 2 aliphatic rings. The third-order valence-electron chi connectivity index (χ3n) is 8.38. The SMILES string of the molecule is C#Cc1c(F)ccc2cc(OCOC)cc(-c3ncc4c(N5C6CC(O)C5CN(C(=O)OC(C)(C)C)C6)nc(Cl)c(C)c4c3F)c12. The zero-order valence-corrected chi connectivity index (χ0v) is 26.8. The quantitative estimate of drug-likeness (QED) is 0.155. The molecule has 9 nitrogen and oxygen atoms in total. The van der Waals surface area contributed by atoms with Gasteiger partial charge >= 0.3 is 6.09 Å². The number of piperazine rings is 1. The van der Waals surface area contributed by atoms with Crippen molar-refractivity contribution >= 4 is 45.1 Å². The highest BCUT2D eigenvalue weighted by Crippen LogP contribution is 2.43. The molecule has 46 heavy (non-hydrogen) atoms. The van der Waals surface area contributed by atoms with Gasteiger partial charge in [-0.15, -0.1) is 6.42 Å². The Bertz CT molecular complexity index is 1920. The van der Waals surface area contributed by atoms with Crippen molar-refractivity contribution in [2.45, 2.75) is 57.9 Å². The number of aliphatic hydroxyl groups excluding tert-OH is 1. The van der Waals surface area contributed by atoms with E-state index in [1.807, 2.05) is 4.90 Å². The third kappa shape index (κ3) is 5.44. The summed E-state index contributed by atoms with van der Waals surface area (Å²) in [5.74, 6) is 1.74. The predicted molar refractivity (Wildman–Crippen MR) is 171 cm³/mol. The highest BCUT2D eigenvalue weighted by Gasteiger charge is 2.48. The number of nitrogens with zero attached hydrogens (tertiary/aromatic N) is 4. The number of benzene rings is 2. The lowest BCUT2D eigenvalue weighted by molar-refractivity contribution is 0.0195. The number of pyridine rings is 2. The van der Waals surface area contributed by atoms with E-state index in [-0.39, 0.29) is 53.3 Å². The van der Waals surface area contributed by atoms with Crippen LogP contribution in [0.15, 0.2) is 30.5 Å². The second kappa shape index (κ2) is 11.8. The van der Waals surface area contributed by atoms with Gasteiger partial charge in [-0.05, 0) is 63.3 Å². The van der Waals surface area contributed by atoms with Gasteiger partial charge in [-0.1, -0.05) is 23.6 Å². The van der Waals surface area contributed by atoms with Crippen LogP contribution in [0.3, 0.4) is 0 Å².